The Labute approximate surface area is 166 Å². The molecule has 0 saturated heterocycles. The molecule has 8 heteroatoms. The summed E-state index contributed by atoms with van der Waals surface area (Å²) < 4.78 is 1.90. The number of H-pyrrole nitrogens is 1. The summed E-state index contributed by atoms with van der Waals surface area (Å²) in [5, 5.41) is 10.2. The normalized spacial score (nSPS) is 12.0. The van der Waals surface area contributed by atoms with Crippen molar-refractivity contribution in [2.45, 2.75) is 17.3 Å². The van der Waals surface area contributed by atoms with E-state index in [0.29, 0.717) is 11.0 Å². The van der Waals surface area contributed by atoms with Gasteiger partial charge in [0.1, 0.15) is 0 Å². The Kier molecular flexibility index (Phi) is 5.93. The number of rotatable bonds is 5. The van der Waals surface area contributed by atoms with Crippen LogP contribution in [0.2, 0.25) is 0 Å². The van der Waals surface area contributed by atoms with E-state index < -0.39 is 0 Å². The molecule has 0 spiro atoms. The van der Waals surface area contributed by atoms with Crippen LogP contribution in [0.3, 0.4) is 0 Å². The summed E-state index contributed by atoms with van der Waals surface area (Å²) in [6.45, 7) is 1.83. The lowest BCUT2D eigenvalue weighted by Gasteiger charge is -2.10. The summed E-state index contributed by atoms with van der Waals surface area (Å²) >= 11 is 8.17. The topological polar surface area (TPSA) is 70.7 Å². The van der Waals surface area contributed by atoms with E-state index >= 15 is 0 Å². The first-order valence-corrected chi connectivity index (χ1v) is 9.90. The third-order valence-corrected chi connectivity index (χ3v) is 5.54. The van der Waals surface area contributed by atoms with Gasteiger partial charge in [-0.1, -0.05) is 61.8 Å². The zero-order valence-corrected chi connectivity index (χ0v) is 17.2. The van der Waals surface area contributed by atoms with Gasteiger partial charge in [-0.25, -0.2) is 4.98 Å². The maximum absolute atomic E-state index is 12.3. The average Bonchev–Trinajstić information content (AvgIpc) is 3.05. The molecule has 1 heterocycles. The third-order valence-electron chi connectivity index (χ3n) is 3.36. The summed E-state index contributed by atoms with van der Waals surface area (Å²) in [4.78, 5) is 16.8. The van der Waals surface area contributed by atoms with Gasteiger partial charge < -0.3 is 5.32 Å². The van der Waals surface area contributed by atoms with E-state index in [-0.39, 0.29) is 11.2 Å². The summed E-state index contributed by atoms with van der Waals surface area (Å²) in [6.07, 6.45) is 0. The fourth-order valence-corrected chi connectivity index (χ4v) is 3.52. The van der Waals surface area contributed by atoms with Crippen LogP contribution in [-0.4, -0.2) is 26.3 Å². The van der Waals surface area contributed by atoms with Gasteiger partial charge in [0.25, 0.3) is 0 Å². The summed E-state index contributed by atoms with van der Waals surface area (Å²) in [5.41, 5.74) is 1.68. The molecule has 5 nitrogen and oxygen atoms in total. The molecule has 0 aliphatic rings. The fraction of sp³-hybridized carbons (Fsp3) is 0.118. The molecule has 3 rings (SSSR count). The second-order valence-corrected chi connectivity index (χ2v) is 8.28. The molecule has 1 amide bonds. The van der Waals surface area contributed by atoms with Gasteiger partial charge in [-0.3, -0.25) is 9.89 Å². The maximum Gasteiger partial charge on any atom is 0.237 e. The van der Waals surface area contributed by atoms with E-state index in [1.165, 1.54) is 11.8 Å². The lowest BCUT2D eigenvalue weighted by molar-refractivity contribution is -0.115. The van der Waals surface area contributed by atoms with Gasteiger partial charge in [-0.15, -0.1) is 5.10 Å². The largest absolute Gasteiger partial charge is 0.325 e. The Morgan fingerprint density at radius 1 is 1.16 bits per heavy atom. The maximum atomic E-state index is 12.3. The first-order chi connectivity index (χ1) is 12.0. The molecule has 1 unspecified atom stereocenters. The highest BCUT2D eigenvalue weighted by molar-refractivity contribution is 9.10. The lowest BCUT2D eigenvalue weighted by atomic mass is 10.2. The van der Waals surface area contributed by atoms with E-state index in [9.17, 15) is 4.79 Å². The predicted molar refractivity (Wildman–Crippen MR) is 108 cm³/mol. The van der Waals surface area contributed by atoms with Crippen molar-refractivity contribution in [1.82, 2.24) is 15.2 Å². The fourth-order valence-electron chi connectivity index (χ4n) is 2.06. The Morgan fingerprint density at radius 2 is 1.88 bits per heavy atom. The molecule has 0 radical (unpaired) electrons. The van der Waals surface area contributed by atoms with Crippen LogP contribution in [0.4, 0.5) is 5.69 Å². The molecule has 3 aromatic rings. The summed E-state index contributed by atoms with van der Waals surface area (Å²) in [6, 6.07) is 15.2. The number of thioether (sulfide) groups is 1. The average molecular weight is 482 g/mol. The SMILES string of the molecule is CC(Sc1n[nH]c(-c2ccccc2Br)n1)C(=O)Nc1ccc(Br)cc1. The van der Waals surface area contributed by atoms with E-state index in [1.54, 1.807) is 0 Å². The quantitative estimate of drug-likeness (QED) is 0.496. The van der Waals surface area contributed by atoms with Crippen molar-refractivity contribution in [2.24, 2.45) is 0 Å². The first-order valence-electron chi connectivity index (χ1n) is 7.43. The second-order valence-electron chi connectivity index (χ2n) is 5.20. The number of hydrogen-bond donors (Lipinski definition) is 2. The van der Waals surface area contributed by atoms with Crippen LogP contribution in [0, 0.1) is 0 Å². The molecular formula is C17H14Br2N4OS. The van der Waals surface area contributed by atoms with Gasteiger partial charge in [0, 0.05) is 20.2 Å². The van der Waals surface area contributed by atoms with Gasteiger partial charge in [0.05, 0.1) is 5.25 Å². The molecular weight excluding hydrogens is 468 g/mol. The molecule has 0 bridgehead atoms. The number of amides is 1. The monoisotopic (exact) mass is 480 g/mol. The third kappa shape index (κ3) is 4.71. The van der Waals surface area contributed by atoms with Gasteiger partial charge in [0.15, 0.2) is 5.82 Å². The number of nitrogens with zero attached hydrogens (tertiary/aromatic N) is 2. The molecule has 2 aromatic carbocycles. The molecule has 0 saturated carbocycles. The number of benzene rings is 2. The molecule has 25 heavy (non-hydrogen) atoms. The zero-order chi connectivity index (χ0) is 17.8. The molecule has 0 aliphatic heterocycles. The Hall–Kier alpha value is -1.64. The number of aromatic amines is 1. The Bertz CT molecular complexity index is 882. The van der Waals surface area contributed by atoms with Gasteiger partial charge in [-0.05, 0) is 37.3 Å². The molecule has 1 aromatic heterocycles. The zero-order valence-electron chi connectivity index (χ0n) is 13.2. The minimum atomic E-state index is -0.327. The Morgan fingerprint density at radius 3 is 2.60 bits per heavy atom. The number of carbonyl (C=O) groups excluding carboxylic acids is 1. The molecule has 0 aliphatic carbocycles. The van der Waals surface area contributed by atoms with Crippen molar-refractivity contribution in [3.05, 3.63) is 57.5 Å². The summed E-state index contributed by atoms with van der Waals surface area (Å²) in [5.74, 6) is 0.565. The van der Waals surface area contributed by atoms with Crippen molar-refractivity contribution in [2.75, 3.05) is 5.32 Å². The number of aromatic nitrogens is 3. The van der Waals surface area contributed by atoms with Gasteiger partial charge in [-0.2, -0.15) is 0 Å². The number of nitrogens with one attached hydrogen (secondary N) is 2. The highest BCUT2D eigenvalue weighted by Gasteiger charge is 2.18. The predicted octanol–water partition coefficient (Wildman–Crippen LogP) is 5.12. The van der Waals surface area contributed by atoms with Crippen molar-refractivity contribution < 1.29 is 4.79 Å². The van der Waals surface area contributed by atoms with Crippen LogP contribution in [0.15, 0.2) is 62.6 Å². The number of anilines is 1. The number of halogens is 2. The summed E-state index contributed by atoms with van der Waals surface area (Å²) in [7, 11) is 0. The van der Waals surface area contributed by atoms with Crippen molar-refractivity contribution in [1.29, 1.82) is 0 Å². The van der Waals surface area contributed by atoms with Crippen LogP contribution in [0.25, 0.3) is 11.4 Å². The van der Waals surface area contributed by atoms with Crippen LogP contribution >= 0.6 is 43.6 Å². The Balaban J connectivity index is 1.65. The molecule has 0 fully saturated rings. The second kappa shape index (κ2) is 8.16. The van der Waals surface area contributed by atoms with Crippen LogP contribution < -0.4 is 5.32 Å². The highest BCUT2D eigenvalue weighted by atomic mass is 79.9. The van der Waals surface area contributed by atoms with Crippen LogP contribution in [0.5, 0.6) is 0 Å². The molecule has 2 N–H and O–H groups in total. The minimum Gasteiger partial charge on any atom is -0.325 e. The van der Waals surface area contributed by atoms with Crippen molar-refractivity contribution in [3.8, 4) is 11.4 Å². The first kappa shape index (κ1) is 18.2. The van der Waals surface area contributed by atoms with E-state index in [1.807, 2.05) is 55.5 Å². The number of carbonyl (C=O) groups is 1. The van der Waals surface area contributed by atoms with E-state index in [0.717, 1.165) is 20.2 Å². The lowest BCUT2D eigenvalue weighted by Crippen LogP contribution is -2.22. The van der Waals surface area contributed by atoms with Gasteiger partial charge in [0.2, 0.25) is 11.1 Å². The van der Waals surface area contributed by atoms with Crippen molar-refractivity contribution in [3.63, 3.8) is 0 Å². The van der Waals surface area contributed by atoms with Crippen LogP contribution in [-0.2, 0) is 4.79 Å². The van der Waals surface area contributed by atoms with E-state index in [4.69, 9.17) is 0 Å². The smallest absolute Gasteiger partial charge is 0.237 e. The highest BCUT2D eigenvalue weighted by Crippen LogP contribution is 2.28. The van der Waals surface area contributed by atoms with Gasteiger partial charge >= 0.3 is 0 Å². The number of hydrogen-bond acceptors (Lipinski definition) is 4. The van der Waals surface area contributed by atoms with Crippen molar-refractivity contribution >= 4 is 55.2 Å². The van der Waals surface area contributed by atoms with E-state index in [2.05, 4.69) is 52.4 Å². The molecule has 128 valence electrons. The standard InChI is InChI=1S/C17H14Br2N4OS/c1-10(16(24)20-12-8-6-11(18)7-9-12)25-17-21-15(22-23-17)13-4-2-3-5-14(13)19/h2-10H,1H3,(H,20,24)(H,21,22,23). The molecule has 1 atom stereocenters. The van der Waals surface area contributed by atoms with Crippen LogP contribution in [0.1, 0.15) is 6.92 Å². The minimum absolute atomic E-state index is 0.0976.